The second kappa shape index (κ2) is 3.96. The molecule has 16 heavy (non-hydrogen) atoms. The molecule has 0 radical (unpaired) electrons. The SMILES string of the molecule is CCn1ncnc1Cn1nc(C)c(N)c1C. The van der Waals surface area contributed by atoms with Gasteiger partial charge in [-0.05, 0) is 20.8 Å². The van der Waals surface area contributed by atoms with Crippen LogP contribution in [-0.4, -0.2) is 24.5 Å². The highest BCUT2D eigenvalue weighted by Crippen LogP contribution is 2.15. The average molecular weight is 220 g/mol. The number of nitrogen functional groups attached to an aromatic ring is 1. The van der Waals surface area contributed by atoms with E-state index in [1.165, 1.54) is 0 Å². The maximum Gasteiger partial charge on any atom is 0.148 e. The predicted octanol–water partition coefficient (Wildman–Crippen LogP) is 0.742. The summed E-state index contributed by atoms with van der Waals surface area (Å²) in [5.41, 5.74) is 8.46. The fourth-order valence-electron chi connectivity index (χ4n) is 1.67. The van der Waals surface area contributed by atoms with Crippen molar-refractivity contribution in [1.82, 2.24) is 24.5 Å². The Morgan fingerprint density at radius 1 is 1.31 bits per heavy atom. The maximum atomic E-state index is 5.88. The van der Waals surface area contributed by atoms with Gasteiger partial charge in [0.15, 0.2) is 0 Å². The molecule has 2 N–H and O–H groups in total. The molecule has 0 bridgehead atoms. The Morgan fingerprint density at radius 2 is 2.06 bits per heavy atom. The summed E-state index contributed by atoms with van der Waals surface area (Å²) >= 11 is 0. The molecule has 2 heterocycles. The van der Waals surface area contributed by atoms with Crippen molar-refractivity contribution in [3.05, 3.63) is 23.5 Å². The number of nitrogens with zero attached hydrogens (tertiary/aromatic N) is 5. The van der Waals surface area contributed by atoms with E-state index in [-0.39, 0.29) is 0 Å². The zero-order valence-corrected chi connectivity index (χ0v) is 9.80. The molecule has 6 nitrogen and oxygen atoms in total. The van der Waals surface area contributed by atoms with E-state index in [1.54, 1.807) is 6.33 Å². The van der Waals surface area contributed by atoms with E-state index in [0.29, 0.717) is 6.54 Å². The second-order valence-corrected chi connectivity index (χ2v) is 3.73. The quantitative estimate of drug-likeness (QED) is 0.828. The zero-order chi connectivity index (χ0) is 11.7. The normalized spacial score (nSPS) is 10.9. The highest BCUT2D eigenvalue weighted by atomic mass is 15.4. The largest absolute Gasteiger partial charge is 0.396 e. The Hall–Kier alpha value is -1.85. The number of anilines is 1. The molecule has 2 rings (SSSR count). The van der Waals surface area contributed by atoms with Crippen LogP contribution in [0.1, 0.15) is 24.1 Å². The topological polar surface area (TPSA) is 74.5 Å². The van der Waals surface area contributed by atoms with Crippen LogP contribution in [0.25, 0.3) is 0 Å². The van der Waals surface area contributed by atoms with E-state index in [2.05, 4.69) is 15.2 Å². The van der Waals surface area contributed by atoms with E-state index in [0.717, 1.165) is 29.4 Å². The highest BCUT2D eigenvalue weighted by Gasteiger charge is 2.10. The Morgan fingerprint density at radius 3 is 2.62 bits per heavy atom. The van der Waals surface area contributed by atoms with E-state index >= 15 is 0 Å². The first kappa shape index (κ1) is 10.7. The predicted molar refractivity (Wildman–Crippen MR) is 60.9 cm³/mol. The van der Waals surface area contributed by atoms with Gasteiger partial charge in [0.25, 0.3) is 0 Å². The minimum absolute atomic E-state index is 0.609. The molecule has 0 amide bonds. The summed E-state index contributed by atoms with van der Waals surface area (Å²) in [7, 11) is 0. The molecule has 6 heteroatoms. The van der Waals surface area contributed by atoms with Crippen LogP contribution in [0.3, 0.4) is 0 Å². The van der Waals surface area contributed by atoms with Gasteiger partial charge < -0.3 is 5.73 Å². The van der Waals surface area contributed by atoms with Crippen molar-refractivity contribution < 1.29 is 0 Å². The monoisotopic (exact) mass is 220 g/mol. The maximum absolute atomic E-state index is 5.88. The Kier molecular flexibility index (Phi) is 2.64. The summed E-state index contributed by atoms with van der Waals surface area (Å²) in [5, 5.41) is 8.49. The van der Waals surface area contributed by atoms with E-state index in [9.17, 15) is 0 Å². The molecule has 0 saturated carbocycles. The lowest BCUT2D eigenvalue weighted by atomic mass is 10.3. The first-order valence-corrected chi connectivity index (χ1v) is 5.29. The smallest absolute Gasteiger partial charge is 0.148 e. The van der Waals surface area contributed by atoms with Gasteiger partial charge in [0, 0.05) is 6.54 Å². The van der Waals surface area contributed by atoms with Crippen molar-refractivity contribution in [1.29, 1.82) is 0 Å². The fourth-order valence-corrected chi connectivity index (χ4v) is 1.67. The molecule has 0 aliphatic carbocycles. The fraction of sp³-hybridized carbons (Fsp3) is 0.500. The van der Waals surface area contributed by atoms with Gasteiger partial charge in [-0.3, -0.25) is 4.68 Å². The summed E-state index contributed by atoms with van der Waals surface area (Å²) in [6.45, 7) is 7.32. The number of aryl methyl sites for hydroxylation is 2. The number of rotatable bonds is 3. The van der Waals surface area contributed by atoms with Crippen LogP contribution >= 0.6 is 0 Å². The lowest BCUT2D eigenvalue weighted by Crippen LogP contribution is -2.11. The van der Waals surface area contributed by atoms with Crippen molar-refractivity contribution in [2.24, 2.45) is 0 Å². The molecule has 0 unspecified atom stereocenters. The van der Waals surface area contributed by atoms with E-state index in [1.807, 2.05) is 30.1 Å². The van der Waals surface area contributed by atoms with Gasteiger partial charge >= 0.3 is 0 Å². The first-order valence-electron chi connectivity index (χ1n) is 5.29. The van der Waals surface area contributed by atoms with Gasteiger partial charge in [0.05, 0.1) is 17.1 Å². The summed E-state index contributed by atoms with van der Waals surface area (Å²) in [6.07, 6.45) is 1.56. The van der Waals surface area contributed by atoms with Crippen molar-refractivity contribution in [2.45, 2.75) is 33.9 Å². The molecular formula is C10H16N6. The van der Waals surface area contributed by atoms with Crippen LogP contribution < -0.4 is 5.73 Å². The van der Waals surface area contributed by atoms with Crippen LogP contribution in [0.5, 0.6) is 0 Å². The Bertz CT molecular complexity index is 495. The van der Waals surface area contributed by atoms with Crippen LogP contribution in [0.15, 0.2) is 6.33 Å². The van der Waals surface area contributed by atoms with Crippen LogP contribution in [0.2, 0.25) is 0 Å². The lowest BCUT2D eigenvalue weighted by Gasteiger charge is -2.05. The van der Waals surface area contributed by atoms with Gasteiger partial charge in [-0.1, -0.05) is 0 Å². The minimum atomic E-state index is 0.609. The molecule has 86 valence electrons. The number of aromatic nitrogens is 5. The first-order chi connectivity index (χ1) is 7.63. The molecule has 0 spiro atoms. The third kappa shape index (κ3) is 1.66. The summed E-state index contributed by atoms with van der Waals surface area (Å²) in [6, 6.07) is 0. The zero-order valence-electron chi connectivity index (χ0n) is 9.80. The van der Waals surface area contributed by atoms with E-state index < -0.39 is 0 Å². The molecule has 0 saturated heterocycles. The summed E-state index contributed by atoms with van der Waals surface area (Å²) in [4.78, 5) is 4.21. The highest BCUT2D eigenvalue weighted by molar-refractivity contribution is 5.46. The third-order valence-electron chi connectivity index (χ3n) is 2.72. The van der Waals surface area contributed by atoms with Gasteiger partial charge in [0.1, 0.15) is 18.7 Å². The molecule has 2 aromatic rings. The average Bonchev–Trinajstić information content (AvgIpc) is 2.81. The summed E-state index contributed by atoms with van der Waals surface area (Å²) in [5.74, 6) is 0.896. The van der Waals surface area contributed by atoms with Crippen LogP contribution in [-0.2, 0) is 13.1 Å². The Balaban J connectivity index is 2.30. The number of nitrogens with two attached hydrogens (primary N) is 1. The number of hydrogen-bond donors (Lipinski definition) is 1. The molecule has 2 aromatic heterocycles. The van der Waals surface area contributed by atoms with Crippen LogP contribution in [0.4, 0.5) is 5.69 Å². The van der Waals surface area contributed by atoms with Gasteiger partial charge in [-0.2, -0.15) is 10.2 Å². The van der Waals surface area contributed by atoms with Crippen molar-refractivity contribution in [3.8, 4) is 0 Å². The number of hydrogen-bond acceptors (Lipinski definition) is 4. The van der Waals surface area contributed by atoms with Crippen molar-refractivity contribution in [2.75, 3.05) is 5.73 Å². The van der Waals surface area contributed by atoms with Gasteiger partial charge in [0.2, 0.25) is 0 Å². The van der Waals surface area contributed by atoms with Crippen LogP contribution in [0, 0.1) is 13.8 Å². The minimum Gasteiger partial charge on any atom is -0.396 e. The standard InChI is InChI=1S/C10H16N6/c1-4-15-9(12-6-13-15)5-16-8(3)10(11)7(2)14-16/h6H,4-5,11H2,1-3H3. The molecule has 0 atom stereocenters. The Labute approximate surface area is 94.1 Å². The molecule has 0 fully saturated rings. The van der Waals surface area contributed by atoms with Gasteiger partial charge in [-0.25, -0.2) is 9.67 Å². The van der Waals surface area contributed by atoms with E-state index in [4.69, 9.17) is 5.73 Å². The summed E-state index contributed by atoms with van der Waals surface area (Å²) < 4.78 is 3.72. The second-order valence-electron chi connectivity index (χ2n) is 3.73. The van der Waals surface area contributed by atoms with Gasteiger partial charge in [-0.15, -0.1) is 0 Å². The molecule has 0 aliphatic heterocycles. The molecular weight excluding hydrogens is 204 g/mol. The van der Waals surface area contributed by atoms with Crippen molar-refractivity contribution >= 4 is 5.69 Å². The lowest BCUT2D eigenvalue weighted by molar-refractivity contribution is 0.559. The van der Waals surface area contributed by atoms with Crippen molar-refractivity contribution in [3.63, 3.8) is 0 Å². The molecule has 0 aliphatic rings. The molecule has 0 aromatic carbocycles. The third-order valence-corrected chi connectivity index (χ3v) is 2.72.